The number of methoxy groups -OCH3 is 1. The van der Waals surface area contributed by atoms with Crippen molar-refractivity contribution < 1.29 is 17.5 Å². The molecule has 2 aromatic heterocycles. The van der Waals surface area contributed by atoms with Crippen molar-refractivity contribution in [2.75, 3.05) is 38.2 Å². The summed E-state index contributed by atoms with van der Waals surface area (Å²) in [5.74, 6) is 0.797. The van der Waals surface area contributed by atoms with E-state index < -0.39 is 15.8 Å². The fraction of sp³-hybridized carbons (Fsp3) is 0.238. The molecular weight excluding hydrogens is 449 g/mol. The van der Waals surface area contributed by atoms with Gasteiger partial charge in [0, 0.05) is 32.2 Å². The van der Waals surface area contributed by atoms with Crippen LogP contribution in [0.5, 0.6) is 5.75 Å². The Hall–Kier alpha value is -3.64. The number of fused-ring (bicyclic) bond motifs is 1. The zero-order chi connectivity index (χ0) is 23.0. The van der Waals surface area contributed by atoms with Gasteiger partial charge in [-0.25, -0.2) is 22.8 Å². The second-order valence-corrected chi connectivity index (χ2v) is 9.36. The van der Waals surface area contributed by atoms with E-state index in [4.69, 9.17) is 4.74 Å². The molecule has 33 heavy (non-hydrogen) atoms. The summed E-state index contributed by atoms with van der Waals surface area (Å²) in [6.07, 6.45) is 1.44. The molecule has 3 heterocycles. The molecule has 10 nitrogen and oxygen atoms in total. The average molecular weight is 470 g/mol. The second-order valence-electron chi connectivity index (χ2n) is 7.42. The lowest BCUT2D eigenvalue weighted by Gasteiger charge is -2.34. The largest absolute Gasteiger partial charge is 0.497 e. The van der Waals surface area contributed by atoms with Crippen molar-refractivity contribution in [3.05, 3.63) is 60.7 Å². The smallest absolute Gasteiger partial charge is 0.243 e. The van der Waals surface area contributed by atoms with Gasteiger partial charge in [-0.15, -0.1) is 5.10 Å². The van der Waals surface area contributed by atoms with Gasteiger partial charge in [0.15, 0.2) is 17.0 Å². The first-order chi connectivity index (χ1) is 16.0. The number of halogens is 1. The van der Waals surface area contributed by atoms with Gasteiger partial charge in [0.1, 0.15) is 17.9 Å². The van der Waals surface area contributed by atoms with Crippen LogP contribution in [0.3, 0.4) is 0 Å². The van der Waals surface area contributed by atoms with Gasteiger partial charge in [-0.2, -0.15) is 8.99 Å². The summed E-state index contributed by atoms with van der Waals surface area (Å²) in [6.45, 7) is 1.35. The van der Waals surface area contributed by atoms with E-state index in [0.717, 1.165) is 17.8 Å². The molecule has 12 heteroatoms. The van der Waals surface area contributed by atoms with Crippen LogP contribution in [0, 0.1) is 5.82 Å². The number of nitrogens with zero attached hydrogens (tertiary/aromatic N) is 7. The minimum Gasteiger partial charge on any atom is -0.497 e. The molecule has 0 spiro atoms. The molecule has 0 bridgehead atoms. The lowest BCUT2D eigenvalue weighted by molar-refractivity contribution is 0.384. The van der Waals surface area contributed by atoms with Crippen molar-refractivity contribution in [3.63, 3.8) is 0 Å². The Morgan fingerprint density at radius 1 is 1.00 bits per heavy atom. The molecule has 170 valence electrons. The first-order valence-electron chi connectivity index (χ1n) is 10.2. The van der Waals surface area contributed by atoms with Gasteiger partial charge in [-0.3, -0.25) is 0 Å². The molecule has 0 unspecified atom stereocenters. The fourth-order valence-electron chi connectivity index (χ4n) is 3.78. The minimum absolute atomic E-state index is 0.0722. The van der Waals surface area contributed by atoms with Crippen LogP contribution in [0.2, 0.25) is 0 Å². The van der Waals surface area contributed by atoms with E-state index in [1.54, 1.807) is 11.8 Å². The number of ether oxygens (including phenoxy) is 1. The summed E-state index contributed by atoms with van der Waals surface area (Å²) in [6, 6.07) is 12.2. The first kappa shape index (κ1) is 21.2. The fourth-order valence-corrected chi connectivity index (χ4v) is 5.20. The van der Waals surface area contributed by atoms with Crippen molar-refractivity contribution in [1.82, 2.24) is 29.3 Å². The van der Waals surface area contributed by atoms with Crippen molar-refractivity contribution in [1.29, 1.82) is 0 Å². The van der Waals surface area contributed by atoms with E-state index in [-0.39, 0.29) is 18.0 Å². The SMILES string of the molecule is COc1cccc(-n2nnc3c(N4CCN(S(=O)(=O)c5ccc(F)cc5)CC4)ncnc32)c1. The van der Waals surface area contributed by atoms with Crippen LogP contribution < -0.4 is 9.64 Å². The number of hydrogen-bond donors (Lipinski definition) is 0. The summed E-state index contributed by atoms with van der Waals surface area (Å²) >= 11 is 0. The maximum atomic E-state index is 13.2. The predicted molar refractivity (Wildman–Crippen MR) is 118 cm³/mol. The van der Waals surface area contributed by atoms with Crippen LogP contribution in [0.4, 0.5) is 10.2 Å². The molecule has 0 atom stereocenters. The predicted octanol–water partition coefficient (Wildman–Crippen LogP) is 1.87. The average Bonchev–Trinajstić information content (AvgIpc) is 3.29. The van der Waals surface area contributed by atoms with E-state index in [1.807, 2.05) is 29.2 Å². The van der Waals surface area contributed by atoms with Crippen molar-refractivity contribution >= 4 is 27.0 Å². The van der Waals surface area contributed by atoms with Gasteiger partial charge < -0.3 is 9.64 Å². The summed E-state index contributed by atoms with van der Waals surface area (Å²) in [4.78, 5) is 10.8. The lowest BCUT2D eigenvalue weighted by atomic mass is 10.3. The van der Waals surface area contributed by atoms with Gasteiger partial charge in [0.25, 0.3) is 0 Å². The third-order valence-corrected chi connectivity index (χ3v) is 7.42. The van der Waals surface area contributed by atoms with E-state index >= 15 is 0 Å². The van der Waals surface area contributed by atoms with E-state index in [1.165, 1.54) is 22.8 Å². The zero-order valence-corrected chi connectivity index (χ0v) is 18.5. The number of anilines is 1. The molecule has 1 saturated heterocycles. The van der Waals surface area contributed by atoms with E-state index in [9.17, 15) is 12.8 Å². The first-order valence-corrected chi connectivity index (χ1v) is 11.6. The van der Waals surface area contributed by atoms with Crippen LogP contribution >= 0.6 is 0 Å². The number of hydrogen-bond acceptors (Lipinski definition) is 8. The van der Waals surface area contributed by atoms with Crippen molar-refractivity contribution in [3.8, 4) is 11.4 Å². The highest BCUT2D eigenvalue weighted by Gasteiger charge is 2.30. The van der Waals surface area contributed by atoms with Crippen LogP contribution in [-0.2, 0) is 10.0 Å². The Balaban J connectivity index is 1.39. The van der Waals surface area contributed by atoms with Crippen LogP contribution in [0.15, 0.2) is 59.8 Å². The maximum absolute atomic E-state index is 13.2. The Morgan fingerprint density at radius 2 is 1.76 bits per heavy atom. The maximum Gasteiger partial charge on any atom is 0.243 e. The van der Waals surface area contributed by atoms with Crippen molar-refractivity contribution in [2.24, 2.45) is 0 Å². The number of rotatable bonds is 5. The second kappa shape index (κ2) is 8.37. The van der Waals surface area contributed by atoms with Gasteiger partial charge >= 0.3 is 0 Å². The molecule has 0 radical (unpaired) electrons. The molecule has 1 fully saturated rings. The number of benzene rings is 2. The molecular formula is C21H20FN7O3S. The molecule has 4 aromatic rings. The van der Waals surface area contributed by atoms with Gasteiger partial charge in [-0.1, -0.05) is 11.3 Å². The summed E-state index contributed by atoms with van der Waals surface area (Å²) in [7, 11) is -2.11. The quantitative estimate of drug-likeness (QED) is 0.436. The monoisotopic (exact) mass is 469 g/mol. The summed E-state index contributed by atoms with van der Waals surface area (Å²) < 4.78 is 47.3. The molecule has 0 saturated carbocycles. The lowest BCUT2D eigenvalue weighted by Crippen LogP contribution is -2.49. The standard InChI is InChI=1S/C21H20FN7O3S/c1-32-17-4-2-3-16(13-17)29-21-19(25-26-29)20(23-14-24-21)27-9-11-28(12-10-27)33(30,31)18-7-5-15(22)6-8-18/h2-8,13-14H,9-12H2,1H3. The number of piperazine rings is 1. The molecule has 1 aliphatic heterocycles. The van der Waals surface area contributed by atoms with Crippen LogP contribution in [0.25, 0.3) is 16.9 Å². The zero-order valence-electron chi connectivity index (χ0n) is 17.7. The van der Waals surface area contributed by atoms with Gasteiger partial charge in [0.05, 0.1) is 17.7 Å². The highest BCUT2D eigenvalue weighted by Crippen LogP contribution is 2.26. The Morgan fingerprint density at radius 3 is 2.48 bits per heavy atom. The van der Waals surface area contributed by atoms with Crippen LogP contribution in [0.1, 0.15) is 0 Å². The highest BCUT2D eigenvalue weighted by atomic mass is 32.2. The molecule has 0 amide bonds. The highest BCUT2D eigenvalue weighted by molar-refractivity contribution is 7.89. The number of sulfonamides is 1. The van der Waals surface area contributed by atoms with E-state index in [2.05, 4.69) is 20.3 Å². The topological polar surface area (TPSA) is 106 Å². The summed E-state index contributed by atoms with van der Waals surface area (Å²) in [5, 5.41) is 8.53. The number of aromatic nitrogens is 5. The van der Waals surface area contributed by atoms with Crippen LogP contribution in [-0.4, -0.2) is 71.0 Å². The molecule has 2 aromatic carbocycles. The third kappa shape index (κ3) is 3.87. The summed E-state index contributed by atoms with van der Waals surface area (Å²) in [5.41, 5.74) is 1.81. The Labute approximate surface area is 189 Å². The van der Waals surface area contributed by atoms with Crippen molar-refractivity contribution in [2.45, 2.75) is 4.90 Å². The van der Waals surface area contributed by atoms with Gasteiger partial charge in [-0.05, 0) is 36.4 Å². The third-order valence-electron chi connectivity index (χ3n) is 5.51. The normalized spacial score (nSPS) is 15.2. The molecule has 0 N–H and O–H groups in total. The van der Waals surface area contributed by atoms with Gasteiger partial charge in [0.2, 0.25) is 10.0 Å². The molecule has 1 aliphatic rings. The molecule has 0 aliphatic carbocycles. The van der Waals surface area contributed by atoms with E-state index in [0.29, 0.717) is 35.8 Å². The molecule has 5 rings (SSSR count). The minimum atomic E-state index is -3.70. The Kier molecular flexibility index (Phi) is 5.38. The Bertz CT molecular complexity index is 1400.